The van der Waals surface area contributed by atoms with E-state index >= 15 is 0 Å². The summed E-state index contributed by atoms with van der Waals surface area (Å²) >= 11 is 4.98. The molecule has 0 aliphatic rings. The fourth-order valence-corrected chi connectivity index (χ4v) is 3.45. The summed E-state index contributed by atoms with van der Waals surface area (Å²) in [4.78, 5) is 0. The van der Waals surface area contributed by atoms with Crippen molar-refractivity contribution in [3.8, 4) is 0 Å². The van der Waals surface area contributed by atoms with Crippen LogP contribution in [0.4, 0.5) is 79.0 Å². The molecule has 0 aliphatic carbocycles. The Balaban J connectivity index is 5.83. The quantitative estimate of drug-likeness (QED) is 0.148. The van der Waals surface area contributed by atoms with Crippen LogP contribution in [0.2, 0.25) is 0 Å². The highest BCUT2D eigenvalue weighted by Crippen LogP contribution is 2.39. The molecule has 0 aromatic carbocycles. The topological polar surface area (TPSA) is 27.7 Å². The second-order valence-electron chi connectivity index (χ2n) is 6.34. The van der Waals surface area contributed by atoms with Gasteiger partial charge in [-0.1, -0.05) is 11.1 Å². The first-order valence-corrected chi connectivity index (χ1v) is 10.7. The second kappa shape index (κ2) is 10.9. The van der Waals surface area contributed by atoms with Crippen LogP contribution in [-0.2, 0) is 13.3 Å². The molecule has 0 saturated heterocycles. The minimum absolute atomic E-state index is 3.04. The highest BCUT2D eigenvalue weighted by molar-refractivity contribution is 7.09. The Morgan fingerprint density at radius 1 is 0.457 bits per heavy atom. The number of hydrogen-bond acceptors (Lipinski definition) is 3. The monoisotopic (exact) mass is 606 g/mol. The van der Waals surface area contributed by atoms with E-state index in [-0.39, 0.29) is 0 Å². The number of hydrogen-bond donors (Lipinski definition) is 0. The van der Waals surface area contributed by atoms with Crippen LogP contribution in [-0.4, -0.2) is 82.7 Å². The van der Waals surface area contributed by atoms with Crippen molar-refractivity contribution in [2.75, 3.05) is 19.8 Å². The summed E-state index contributed by atoms with van der Waals surface area (Å²) in [6, 6.07) is 0. The normalized spacial score (nSPS) is 17.9. The van der Waals surface area contributed by atoms with E-state index < -0.39 is 82.7 Å². The van der Waals surface area contributed by atoms with E-state index in [4.69, 9.17) is 11.1 Å². The average molecular weight is 607 g/mol. The number of rotatable bonds is 12. The summed E-state index contributed by atoms with van der Waals surface area (Å²) in [6.45, 7) is -9.13. The molecule has 0 unspecified atom stereocenters. The maximum atomic E-state index is 13.3. The lowest BCUT2D eigenvalue weighted by Gasteiger charge is -2.31. The smallest absolute Gasteiger partial charge is 0.355 e. The van der Waals surface area contributed by atoms with Gasteiger partial charge in [0.1, 0.15) is 19.8 Å². The van der Waals surface area contributed by atoms with Crippen molar-refractivity contribution in [1.29, 1.82) is 0 Å². The van der Waals surface area contributed by atoms with Gasteiger partial charge in [0.15, 0.2) is 0 Å². The lowest BCUT2D eigenvalue weighted by Crippen LogP contribution is -2.54. The van der Waals surface area contributed by atoms with Crippen LogP contribution < -0.4 is 0 Å². The van der Waals surface area contributed by atoms with Crippen LogP contribution in [0.3, 0.4) is 0 Å². The van der Waals surface area contributed by atoms with Crippen LogP contribution >= 0.6 is 11.1 Å². The van der Waals surface area contributed by atoms with Crippen LogP contribution in [0.1, 0.15) is 0 Å². The van der Waals surface area contributed by atoms with Crippen LogP contribution in [0.5, 0.6) is 0 Å². The summed E-state index contributed by atoms with van der Waals surface area (Å²) in [6.07, 6.45) is -34.4. The average Bonchev–Trinajstić information content (AvgIpc) is 2.66. The van der Waals surface area contributed by atoms with Crippen molar-refractivity contribution < 1.29 is 92.3 Å². The highest BCUT2D eigenvalue weighted by Gasteiger charge is 2.62. The zero-order valence-corrected chi connectivity index (χ0v) is 17.5. The lowest BCUT2D eigenvalue weighted by atomic mass is 10.2. The maximum absolute atomic E-state index is 13.3. The number of alkyl halides is 18. The van der Waals surface area contributed by atoms with Crippen LogP contribution in [0.15, 0.2) is 0 Å². The van der Waals surface area contributed by atoms with Gasteiger partial charge >= 0.3 is 44.4 Å². The van der Waals surface area contributed by atoms with Crippen molar-refractivity contribution in [2.24, 2.45) is 0 Å². The molecular weight excluding hydrogens is 598 g/mol. The van der Waals surface area contributed by atoms with Crippen molar-refractivity contribution in [2.45, 2.75) is 54.8 Å². The first kappa shape index (κ1) is 34.1. The minimum Gasteiger partial charge on any atom is -0.355 e. The Hall–Kier alpha value is -0.873. The Bertz CT molecular complexity index is 591. The molecule has 0 heterocycles. The Morgan fingerprint density at radius 3 is 0.771 bits per heavy atom. The van der Waals surface area contributed by atoms with Crippen molar-refractivity contribution in [3.05, 3.63) is 0 Å². The summed E-state index contributed by atoms with van der Waals surface area (Å²) in [7, 11) is -6.46. The molecule has 0 rings (SSSR count). The SMILES string of the molecule is F[C@H](C(F)(F)F)C(F)(F)CO[Si](Cl)(OCC(F)(F)[C@@H](F)C(F)(F)F)OCC(F)(F)[C@@H](F)C(F)(F)F. The molecule has 0 spiro atoms. The largest absolute Gasteiger partial charge is 0.613 e. The Labute approximate surface area is 187 Å². The standard InChI is InChI=1S/C12H9ClF18O3Si/c13-35(32-1-7(17,18)4(14)10(23,24)25,33-2-8(19,20)5(15)11(26,27)28)34-3-9(21,22)6(16)12(29,30)31/h4-6H,1-3H2/t4-,5-,6+/m1/s1. The molecule has 212 valence electrons. The molecule has 0 aromatic heterocycles. The van der Waals surface area contributed by atoms with E-state index in [1.165, 1.54) is 0 Å². The van der Waals surface area contributed by atoms with Gasteiger partial charge in [-0.05, 0) is 0 Å². The lowest BCUT2D eigenvalue weighted by molar-refractivity contribution is -0.259. The van der Waals surface area contributed by atoms with Crippen molar-refractivity contribution in [3.63, 3.8) is 0 Å². The summed E-state index contributed by atoms with van der Waals surface area (Å²) in [5.74, 6) is -17.2. The van der Waals surface area contributed by atoms with E-state index in [9.17, 15) is 79.0 Å². The first-order valence-electron chi connectivity index (χ1n) is 7.95. The van der Waals surface area contributed by atoms with Gasteiger partial charge in [-0.3, -0.25) is 0 Å². The third kappa shape index (κ3) is 10.2. The van der Waals surface area contributed by atoms with Crippen molar-refractivity contribution >= 4 is 19.2 Å². The van der Waals surface area contributed by atoms with Crippen LogP contribution in [0, 0.1) is 0 Å². The third-order valence-corrected chi connectivity index (χ3v) is 5.74. The fourth-order valence-electron chi connectivity index (χ4n) is 1.61. The molecule has 0 amide bonds. The third-order valence-electron chi connectivity index (χ3n) is 3.29. The van der Waals surface area contributed by atoms with Gasteiger partial charge in [0.2, 0.25) is 0 Å². The minimum atomic E-state index is -6.46. The van der Waals surface area contributed by atoms with E-state index in [2.05, 4.69) is 13.3 Å². The van der Waals surface area contributed by atoms with Gasteiger partial charge < -0.3 is 13.3 Å². The molecule has 3 nitrogen and oxygen atoms in total. The highest BCUT2D eigenvalue weighted by atomic mass is 35.6. The van der Waals surface area contributed by atoms with E-state index in [0.29, 0.717) is 0 Å². The van der Waals surface area contributed by atoms with E-state index in [1.807, 2.05) is 0 Å². The molecule has 23 heteroatoms. The summed E-state index contributed by atoms with van der Waals surface area (Å²) in [5, 5.41) is 0. The van der Waals surface area contributed by atoms with E-state index in [0.717, 1.165) is 0 Å². The second-order valence-corrected chi connectivity index (χ2v) is 9.56. The van der Waals surface area contributed by atoms with Gasteiger partial charge in [-0.15, -0.1) is 0 Å². The van der Waals surface area contributed by atoms with Gasteiger partial charge in [-0.2, -0.15) is 39.5 Å². The fraction of sp³-hybridized carbons (Fsp3) is 1.00. The van der Waals surface area contributed by atoms with Gasteiger partial charge in [0.05, 0.1) is 0 Å². The molecule has 0 aliphatic heterocycles. The molecule has 35 heavy (non-hydrogen) atoms. The molecule has 3 atom stereocenters. The van der Waals surface area contributed by atoms with Crippen LogP contribution in [0.25, 0.3) is 0 Å². The van der Waals surface area contributed by atoms with Gasteiger partial charge in [-0.25, -0.2) is 39.5 Å². The molecule has 0 fully saturated rings. The summed E-state index contributed by atoms with van der Waals surface area (Å²) in [5.41, 5.74) is 0. The summed E-state index contributed by atoms with van der Waals surface area (Å²) < 4.78 is 238. The number of halogens is 19. The molecule has 0 radical (unpaired) electrons. The Morgan fingerprint density at radius 2 is 0.629 bits per heavy atom. The first-order chi connectivity index (χ1) is 15.1. The molecule has 0 saturated carbocycles. The van der Waals surface area contributed by atoms with Gasteiger partial charge in [0, 0.05) is 0 Å². The maximum Gasteiger partial charge on any atom is 0.613 e. The van der Waals surface area contributed by atoms with Gasteiger partial charge in [0.25, 0.3) is 18.5 Å². The zero-order valence-electron chi connectivity index (χ0n) is 15.8. The zero-order chi connectivity index (χ0) is 28.5. The van der Waals surface area contributed by atoms with E-state index in [1.54, 1.807) is 0 Å². The predicted octanol–water partition coefficient (Wildman–Crippen LogP) is 6.32. The molecule has 0 N–H and O–H groups in total. The van der Waals surface area contributed by atoms with Crippen molar-refractivity contribution in [1.82, 2.24) is 0 Å². The Kier molecular flexibility index (Phi) is 10.6. The predicted molar refractivity (Wildman–Crippen MR) is 77.2 cm³/mol. The molecular formula is C12H9ClF18O3Si. The molecule has 0 aromatic rings. The molecule has 0 bridgehead atoms.